The molecule has 0 radical (unpaired) electrons. The molecule has 0 aliphatic heterocycles. The Kier molecular flexibility index (Phi) is 3.51. The first-order valence-corrected chi connectivity index (χ1v) is 5.64. The average molecular weight is 238 g/mol. The van der Waals surface area contributed by atoms with Crippen LogP contribution in [0.15, 0.2) is 28.9 Å². The number of alkyl halides is 1. The smallest absolute Gasteiger partial charge is 0.276 e. The molecule has 0 bridgehead atoms. The fraction of sp³-hybridized carbons (Fsp3) is 0.364. The maximum atomic E-state index is 6.10. The Morgan fingerprint density at radius 3 is 3.00 bits per heavy atom. The molecule has 2 aromatic heterocycles. The third-order valence-corrected chi connectivity index (χ3v) is 2.56. The molecule has 0 saturated heterocycles. The fourth-order valence-corrected chi connectivity index (χ4v) is 1.64. The normalized spacial score (nSPS) is 12.6. The van der Waals surface area contributed by atoms with Crippen molar-refractivity contribution in [2.45, 2.75) is 25.1 Å². The molecule has 2 aromatic rings. The third-order valence-electron chi connectivity index (χ3n) is 2.15. The topological polar surface area (TPSA) is 51.8 Å². The molecule has 1 atom stereocenters. The van der Waals surface area contributed by atoms with Crippen molar-refractivity contribution in [2.24, 2.45) is 0 Å². The summed E-state index contributed by atoms with van der Waals surface area (Å²) >= 11 is 6.10. The van der Waals surface area contributed by atoms with Crippen LogP contribution < -0.4 is 0 Å². The van der Waals surface area contributed by atoms with Gasteiger partial charge >= 0.3 is 0 Å². The van der Waals surface area contributed by atoms with Crippen LogP contribution in [-0.4, -0.2) is 15.1 Å². The van der Waals surface area contributed by atoms with Crippen molar-refractivity contribution in [2.75, 3.05) is 0 Å². The molecule has 0 amide bonds. The molecule has 0 aliphatic rings. The second-order valence-corrected chi connectivity index (χ2v) is 3.96. The number of pyridine rings is 1. The van der Waals surface area contributed by atoms with Crippen LogP contribution in [0.5, 0.6) is 0 Å². The number of hydrogen-bond acceptors (Lipinski definition) is 4. The fourth-order valence-electron chi connectivity index (χ4n) is 1.34. The van der Waals surface area contributed by atoms with Crippen molar-refractivity contribution < 1.29 is 4.52 Å². The van der Waals surface area contributed by atoms with Crippen LogP contribution in [0.4, 0.5) is 0 Å². The summed E-state index contributed by atoms with van der Waals surface area (Å²) in [6, 6.07) is 5.53. The lowest BCUT2D eigenvalue weighted by Crippen LogP contribution is -1.92. The first kappa shape index (κ1) is 11.1. The molecule has 0 fully saturated rings. The van der Waals surface area contributed by atoms with E-state index in [9.17, 15) is 0 Å². The highest BCUT2D eigenvalue weighted by molar-refractivity contribution is 6.20. The molecule has 1 unspecified atom stereocenters. The second-order valence-electron chi connectivity index (χ2n) is 3.43. The maximum absolute atomic E-state index is 6.10. The standard InChI is InChI=1S/C11H12ClN3O/c1-2-5-8(12)10-14-11(16-15-10)9-6-3-4-7-13-9/h3-4,6-8H,2,5H2,1H3. The van der Waals surface area contributed by atoms with Gasteiger partial charge in [-0.15, -0.1) is 11.6 Å². The molecule has 0 saturated carbocycles. The molecule has 2 heterocycles. The van der Waals surface area contributed by atoms with E-state index in [4.69, 9.17) is 16.1 Å². The van der Waals surface area contributed by atoms with Gasteiger partial charge in [-0.2, -0.15) is 4.98 Å². The van der Waals surface area contributed by atoms with Gasteiger partial charge < -0.3 is 4.52 Å². The van der Waals surface area contributed by atoms with E-state index in [1.54, 1.807) is 6.20 Å². The van der Waals surface area contributed by atoms with E-state index in [1.807, 2.05) is 18.2 Å². The first-order chi connectivity index (χ1) is 7.81. The molecule has 0 spiro atoms. The summed E-state index contributed by atoms with van der Waals surface area (Å²) in [4.78, 5) is 8.36. The molecule has 0 aromatic carbocycles. The van der Waals surface area contributed by atoms with Gasteiger partial charge in [0, 0.05) is 6.20 Å². The van der Waals surface area contributed by atoms with Crippen molar-refractivity contribution in [3.63, 3.8) is 0 Å². The highest BCUT2D eigenvalue weighted by Crippen LogP contribution is 2.24. The molecular weight excluding hydrogens is 226 g/mol. The van der Waals surface area contributed by atoms with Gasteiger partial charge in [0.15, 0.2) is 5.82 Å². The summed E-state index contributed by atoms with van der Waals surface area (Å²) in [5.74, 6) is 0.946. The van der Waals surface area contributed by atoms with Crippen LogP contribution in [0, 0.1) is 0 Å². The van der Waals surface area contributed by atoms with Crippen LogP contribution in [-0.2, 0) is 0 Å². The van der Waals surface area contributed by atoms with Crippen molar-refractivity contribution in [3.05, 3.63) is 30.2 Å². The van der Waals surface area contributed by atoms with Crippen molar-refractivity contribution in [1.82, 2.24) is 15.1 Å². The molecular formula is C11H12ClN3O. The molecule has 2 rings (SSSR count). The molecule has 5 heteroatoms. The van der Waals surface area contributed by atoms with Crippen LogP contribution in [0.2, 0.25) is 0 Å². The lowest BCUT2D eigenvalue weighted by molar-refractivity contribution is 0.419. The number of halogens is 1. The van der Waals surface area contributed by atoms with Crippen LogP contribution >= 0.6 is 11.6 Å². The SMILES string of the molecule is CCCC(Cl)c1noc(-c2ccccn2)n1. The molecule has 0 N–H and O–H groups in total. The van der Waals surface area contributed by atoms with E-state index in [1.165, 1.54) is 0 Å². The quantitative estimate of drug-likeness (QED) is 0.767. The zero-order chi connectivity index (χ0) is 11.4. The second kappa shape index (κ2) is 5.07. The van der Waals surface area contributed by atoms with Crippen molar-refractivity contribution in [3.8, 4) is 11.6 Å². The Morgan fingerprint density at radius 2 is 2.31 bits per heavy atom. The minimum absolute atomic E-state index is 0.189. The van der Waals surface area contributed by atoms with Gasteiger partial charge in [-0.1, -0.05) is 24.6 Å². The largest absolute Gasteiger partial charge is 0.332 e. The summed E-state index contributed by atoms with van der Waals surface area (Å²) < 4.78 is 5.11. The minimum atomic E-state index is -0.189. The molecule has 4 nitrogen and oxygen atoms in total. The van der Waals surface area contributed by atoms with Crippen LogP contribution in [0.1, 0.15) is 31.0 Å². The first-order valence-electron chi connectivity index (χ1n) is 5.20. The minimum Gasteiger partial charge on any atom is -0.332 e. The van der Waals surface area contributed by atoms with E-state index >= 15 is 0 Å². The molecule has 0 aliphatic carbocycles. The maximum Gasteiger partial charge on any atom is 0.276 e. The summed E-state index contributed by atoms with van der Waals surface area (Å²) in [7, 11) is 0. The highest BCUT2D eigenvalue weighted by atomic mass is 35.5. The number of hydrogen-bond donors (Lipinski definition) is 0. The number of nitrogens with zero attached hydrogens (tertiary/aromatic N) is 3. The monoisotopic (exact) mass is 237 g/mol. The van der Waals surface area contributed by atoms with E-state index in [0.717, 1.165) is 12.8 Å². The molecule has 84 valence electrons. The van der Waals surface area contributed by atoms with Gasteiger partial charge in [-0.3, -0.25) is 4.98 Å². The van der Waals surface area contributed by atoms with Gasteiger partial charge in [0.2, 0.25) is 0 Å². The summed E-state index contributed by atoms with van der Waals surface area (Å²) in [6.45, 7) is 2.06. The highest BCUT2D eigenvalue weighted by Gasteiger charge is 2.16. The predicted molar refractivity (Wildman–Crippen MR) is 61.0 cm³/mol. The van der Waals surface area contributed by atoms with Crippen LogP contribution in [0.3, 0.4) is 0 Å². The lowest BCUT2D eigenvalue weighted by atomic mass is 10.2. The Hall–Kier alpha value is -1.42. The number of aromatic nitrogens is 3. The predicted octanol–water partition coefficient (Wildman–Crippen LogP) is 3.21. The molecule has 16 heavy (non-hydrogen) atoms. The van der Waals surface area contributed by atoms with Gasteiger partial charge in [-0.25, -0.2) is 0 Å². The van der Waals surface area contributed by atoms with Crippen molar-refractivity contribution >= 4 is 11.6 Å². The van der Waals surface area contributed by atoms with Gasteiger partial charge in [-0.05, 0) is 18.6 Å². The third kappa shape index (κ3) is 2.39. The summed E-state index contributed by atoms with van der Waals surface area (Å²) in [6.07, 6.45) is 3.51. The Morgan fingerprint density at radius 1 is 1.44 bits per heavy atom. The lowest BCUT2D eigenvalue weighted by Gasteiger charge is -1.99. The van der Waals surface area contributed by atoms with E-state index < -0.39 is 0 Å². The van der Waals surface area contributed by atoms with Gasteiger partial charge in [0.1, 0.15) is 5.69 Å². The van der Waals surface area contributed by atoms with E-state index in [0.29, 0.717) is 17.4 Å². The van der Waals surface area contributed by atoms with Crippen LogP contribution in [0.25, 0.3) is 11.6 Å². The Bertz CT molecular complexity index is 444. The Balaban J connectivity index is 2.20. The number of rotatable bonds is 4. The zero-order valence-electron chi connectivity index (χ0n) is 8.93. The Labute approximate surface area is 98.7 Å². The van der Waals surface area contributed by atoms with E-state index in [2.05, 4.69) is 22.0 Å². The average Bonchev–Trinajstić information content (AvgIpc) is 2.80. The van der Waals surface area contributed by atoms with Gasteiger partial charge in [0.05, 0.1) is 5.38 Å². The van der Waals surface area contributed by atoms with Gasteiger partial charge in [0.25, 0.3) is 5.89 Å². The zero-order valence-corrected chi connectivity index (χ0v) is 9.68. The van der Waals surface area contributed by atoms with Crippen molar-refractivity contribution in [1.29, 1.82) is 0 Å². The summed E-state index contributed by atoms with van der Waals surface area (Å²) in [5, 5.41) is 3.66. The summed E-state index contributed by atoms with van der Waals surface area (Å²) in [5.41, 5.74) is 0.668. The van der Waals surface area contributed by atoms with E-state index in [-0.39, 0.29) is 5.38 Å².